The molecule has 0 spiro atoms. The van der Waals surface area contributed by atoms with Crippen LogP contribution in [0.25, 0.3) is 0 Å². The lowest BCUT2D eigenvalue weighted by atomic mass is 10.1. The predicted molar refractivity (Wildman–Crippen MR) is 161 cm³/mol. The van der Waals surface area contributed by atoms with E-state index in [0.717, 1.165) is 47.0 Å². The van der Waals surface area contributed by atoms with Crippen molar-refractivity contribution in [2.75, 3.05) is 17.4 Å². The summed E-state index contributed by atoms with van der Waals surface area (Å²) in [5, 5.41) is 3.51. The number of aryl methyl sites for hydroxylation is 1. The van der Waals surface area contributed by atoms with E-state index in [9.17, 15) is 22.4 Å². The molecule has 0 bridgehead atoms. The Hall–Kier alpha value is -3.14. The number of rotatable bonds is 13. The Morgan fingerprint density at radius 3 is 2.20 bits per heavy atom. The third-order valence-corrected chi connectivity index (χ3v) is 9.08. The van der Waals surface area contributed by atoms with Crippen molar-refractivity contribution < 1.29 is 22.4 Å². The Kier molecular flexibility index (Phi) is 11.6. The van der Waals surface area contributed by atoms with Crippen LogP contribution in [-0.4, -0.2) is 44.3 Å². The Bertz CT molecular complexity index is 1450. The van der Waals surface area contributed by atoms with E-state index >= 15 is 0 Å². The SMILES string of the molecule is CCCCNC(=O)C(CC)N(Cc1ccc(Cl)c(Cl)c1)C(=O)CN(c1ccc(C)cc1)S(=O)(=O)c1ccc(F)cc1. The van der Waals surface area contributed by atoms with Crippen LogP contribution in [0.2, 0.25) is 10.0 Å². The molecule has 0 aromatic heterocycles. The van der Waals surface area contributed by atoms with E-state index in [1.807, 2.05) is 13.8 Å². The highest BCUT2D eigenvalue weighted by molar-refractivity contribution is 7.92. The molecular formula is C30H34Cl2FN3O4S. The summed E-state index contributed by atoms with van der Waals surface area (Å²) in [6.07, 6.45) is 1.95. The maximum atomic E-state index is 14.0. The fourth-order valence-electron chi connectivity index (χ4n) is 4.23. The zero-order chi connectivity index (χ0) is 30.2. The second kappa shape index (κ2) is 14.7. The van der Waals surface area contributed by atoms with Crippen LogP contribution in [0.3, 0.4) is 0 Å². The first-order chi connectivity index (χ1) is 19.5. The van der Waals surface area contributed by atoms with Gasteiger partial charge in [-0.1, -0.05) is 67.2 Å². The fraction of sp³-hybridized carbons (Fsp3) is 0.333. The van der Waals surface area contributed by atoms with Gasteiger partial charge >= 0.3 is 0 Å². The summed E-state index contributed by atoms with van der Waals surface area (Å²) in [4.78, 5) is 28.5. The Labute approximate surface area is 251 Å². The van der Waals surface area contributed by atoms with Gasteiger partial charge in [0.05, 0.1) is 20.6 Å². The second-order valence-corrected chi connectivity index (χ2v) is 12.3. The molecule has 7 nitrogen and oxygen atoms in total. The normalized spacial score (nSPS) is 12.0. The molecule has 3 aromatic rings. The van der Waals surface area contributed by atoms with Crippen LogP contribution in [0.1, 0.15) is 44.2 Å². The standard InChI is InChI=1S/C30H34Cl2FN3O4S/c1-4-6-17-34-30(38)28(5-2)35(19-22-9-16-26(31)27(32)18-22)29(37)20-36(24-12-7-21(3)8-13-24)41(39,40)25-14-10-23(33)11-15-25/h7-16,18,28H,4-6,17,19-20H2,1-3H3,(H,34,38). The number of carbonyl (C=O) groups is 2. The Balaban J connectivity index is 2.04. The van der Waals surface area contributed by atoms with Gasteiger partial charge in [0.25, 0.3) is 10.0 Å². The molecule has 0 saturated carbocycles. The minimum atomic E-state index is -4.29. The lowest BCUT2D eigenvalue weighted by Crippen LogP contribution is -2.52. The highest BCUT2D eigenvalue weighted by atomic mass is 35.5. The number of nitrogens with one attached hydrogen (secondary N) is 1. The number of halogens is 3. The van der Waals surface area contributed by atoms with E-state index < -0.39 is 34.3 Å². The summed E-state index contributed by atoms with van der Waals surface area (Å²) in [7, 11) is -4.29. The largest absolute Gasteiger partial charge is 0.354 e. The molecule has 41 heavy (non-hydrogen) atoms. The van der Waals surface area contributed by atoms with Crippen molar-refractivity contribution >= 4 is 50.7 Å². The van der Waals surface area contributed by atoms with Gasteiger partial charge in [-0.25, -0.2) is 12.8 Å². The molecule has 0 fully saturated rings. The summed E-state index contributed by atoms with van der Waals surface area (Å²) < 4.78 is 42.2. The third-order valence-electron chi connectivity index (χ3n) is 6.55. The lowest BCUT2D eigenvalue weighted by Gasteiger charge is -2.33. The fourth-order valence-corrected chi connectivity index (χ4v) is 5.97. The van der Waals surface area contributed by atoms with Gasteiger partial charge in [-0.3, -0.25) is 13.9 Å². The van der Waals surface area contributed by atoms with Gasteiger partial charge in [0, 0.05) is 13.1 Å². The molecule has 0 radical (unpaired) electrons. The highest BCUT2D eigenvalue weighted by Gasteiger charge is 2.33. The Morgan fingerprint density at radius 1 is 0.951 bits per heavy atom. The number of sulfonamides is 1. The molecule has 0 aliphatic carbocycles. The van der Waals surface area contributed by atoms with Crippen LogP contribution in [-0.2, 0) is 26.2 Å². The van der Waals surface area contributed by atoms with Crippen LogP contribution in [0, 0.1) is 12.7 Å². The van der Waals surface area contributed by atoms with Crippen molar-refractivity contribution in [3.63, 3.8) is 0 Å². The first kappa shape index (κ1) is 32.4. The molecule has 11 heteroatoms. The van der Waals surface area contributed by atoms with Crippen LogP contribution in [0.4, 0.5) is 10.1 Å². The van der Waals surface area contributed by atoms with E-state index in [-0.39, 0.29) is 28.1 Å². The van der Waals surface area contributed by atoms with Crippen LogP contribution in [0.5, 0.6) is 0 Å². The van der Waals surface area contributed by atoms with Gasteiger partial charge in [0.1, 0.15) is 18.4 Å². The summed E-state index contributed by atoms with van der Waals surface area (Å²) in [5.41, 5.74) is 1.77. The number of benzene rings is 3. The van der Waals surface area contributed by atoms with E-state index in [4.69, 9.17) is 23.2 Å². The zero-order valence-electron chi connectivity index (χ0n) is 23.2. The molecule has 2 amide bonds. The first-order valence-electron chi connectivity index (χ1n) is 13.3. The average molecular weight is 623 g/mol. The predicted octanol–water partition coefficient (Wildman–Crippen LogP) is 6.36. The van der Waals surface area contributed by atoms with Gasteiger partial charge in [-0.05, 0) is 73.9 Å². The molecule has 220 valence electrons. The molecule has 1 N–H and O–H groups in total. The van der Waals surface area contributed by atoms with Crippen molar-refractivity contribution in [2.24, 2.45) is 0 Å². The summed E-state index contributed by atoms with van der Waals surface area (Å²) in [5.74, 6) is -1.52. The minimum absolute atomic E-state index is 0.00619. The van der Waals surface area contributed by atoms with Crippen LogP contribution < -0.4 is 9.62 Å². The monoisotopic (exact) mass is 621 g/mol. The first-order valence-corrected chi connectivity index (χ1v) is 15.5. The molecule has 0 aliphatic heterocycles. The lowest BCUT2D eigenvalue weighted by molar-refractivity contribution is -0.140. The highest BCUT2D eigenvalue weighted by Crippen LogP contribution is 2.27. The second-order valence-electron chi connectivity index (χ2n) is 9.64. The van der Waals surface area contributed by atoms with Crippen molar-refractivity contribution in [1.29, 1.82) is 0 Å². The number of hydrogen-bond acceptors (Lipinski definition) is 4. The smallest absolute Gasteiger partial charge is 0.264 e. The number of amides is 2. The van der Waals surface area contributed by atoms with Crippen LogP contribution in [0.15, 0.2) is 71.6 Å². The summed E-state index contributed by atoms with van der Waals surface area (Å²) in [6, 6.07) is 15.1. The number of unbranched alkanes of at least 4 members (excludes halogenated alkanes) is 1. The van der Waals surface area contributed by atoms with Gasteiger partial charge in [0.2, 0.25) is 11.8 Å². The van der Waals surface area contributed by atoms with E-state index in [2.05, 4.69) is 5.32 Å². The maximum Gasteiger partial charge on any atom is 0.264 e. The number of carbonyl (C=O) groups excluding carboxylic acids is 2. The van der Waals surface area contributed by atoms with Crippen molar-refractivity contribution in [3.8, 4) is 0 Å². The molecule has 1 atom stereocenters. The molecule has 3 rings (SSSR count). The summed E-state index contributed by atoms with van der Waals surface area (Å²) >= 11 is 12.3. The topological polar surface area (TPSA) is 86.8 Å². The molecule has 1 unspecified atom stereocenters. The van der Waals surface area contributed by atoms with Gasteiger partial charge < -0.3 is 10.2 Å². The quantitative estimate of drug-likeness (QED) is 0.225. The number of anilines is 1. The average Bonchev–Trinajstić information content (AvgIpc) is 2.94. The van der Waals surface area contributed by atoms with E-state index in [0.29, 0.717) is 23.6 Å². The van der Waals surface area contributed by atoms with E-state index in [1.54, 1.807) is 49.4 Å². The van der Waals surface area contributed by atoms with Crippen molar-refractivity contribution in [2.45, 2.75) is 57.5 Å². The minimum Gasteiger partial charge on any atom is -0.354 e. The van der Waals surface area contributed by atoms with Gasteiger partial charge in [-0.15, -0.1) is 0 Å². The number of hydrogen-bond donors (Lipinski definition) is 1. The van der Waals surface area contributed by atoms with Gasteiger partial charge in [0.15, 0.2) is 0 Å². The van der Waals surface area contributed by atoms with Crippen molar-refractivity contribution in [1.82, 2.24) is 10.2 Å². The molecule has 0 heterocycles. The molecule has 3 aromatic carbocycles. The number of nitrogens with zero attached hydrogens (tertiary/aromatic N) is 2. The van der Waals surface area contributed by atoms with Gasteiger partial charge in [-0.2, -0.15) is 0 Å². The Morgan fingerprint density at radius 2 is 1.61 bits per heavy atom. The third kappa shape index (κ3) is 8.44. The van der Waals surface area contributed by atoms with E-state index in [1.165, 1.54) is 4.90 Å². The maximum absolute atomic E-state index is 14.0. The molecule has 0 saturated heterocycles. The van der Waals surface area contributed by atoms with Crippen LogP contribution >= 0.6 is 23.2 Å². The van der Waals surface area contributed by atoms with Crippen molar-refractivity contribution in [3.05, 3.63) is 93.7 Å². The molecule has 0 aliphatic rings. The summed E-state index contributed by atoms with van der Waals surface area (Å²) in [6.45, 7) is 5.50. The molecular weight excluding hydrogens is 588 g/mol. The zero-order valence-corrected chi connectivity index (χ0v) is 25.6.